The van der Waals surface area contributed by atoms with Crippen molar-refractivity contribution in [1.29, 1.82) is 0 Å². The van der Waals surface area contributed by atoms with Crippen LogP contribution >= 0.6 is 22.9 Å². The Morgan fingerprint density at radius 1 is 1.32 bits per heavy atom. The fourth-order valence-corrected chi connectivity index (χ4v) is 4.33. The number of amides is 1. The number of rotatable bonds is 2. The van der Waals surface area contributed by atoms with Crippen LogP contribution in [-0.2, 0) is 0 Å². The quantitative estimate of drug-likeness (QED) is 0.834. The van der Waals surface area contributed by atoms with Crippen LogP contribution in [0, 0.1) is 11.8 Å². The average Bonchev–Trinajstić information content (AvgIpc) is 2.61. The van der Waals surface area contributed by atoms with Gasteiger partial charge in [-0.2, -0.15) is 0 Å². The van der Waals surface area contributed by atoms with Crippen molar-refractivity contribution in [2.45, 2.75) is 25.7 Å². The molecule has 3 nitrogen and oxygen atoms in total. The number of fused-ring (bicyclic) bond motifs is 4. The van der Waals surface area contributed by atoms with Gasteiger partial charge in [-0.3, -0.25) is 4.79 Å². The van der Waals surface area contributed by atoms with Crippen LogP contribution in [0.1, 0.15) is 36.0 Å². The maximum absolute atomic E-state index is 12.7. The van der Waals surface area contributed by atoms with Gasteiger partial charge < -0.3 is 9.64 Å². The Balaban J connectivity index is 1.83. The average molecular weight is 300 g/mol. The zero-order valence-corrected chi connectivity index (χ0v) is 12.6. The minimum Gasteiger partial charge on any atom is -0.493 e. The number of hydrogen-bond acceptors (Lipinski definition) is 3. The Morgan fingerprint density at radius 2 is 1.89 bits per heavy atom. The zero-order valence-electron chi connectivity index (χ0n) is 11.0. The molecule has 3 aliphatic rings. The molecular weight excluding hydrogens is 282 g/mol. The van der Waals surface area contributed by atoms with Gasteiger partial charge in [-0.25, -0.2) is 0 Å². The fraction of sp³-hybridized carbons (Fsp3) is 0.643. The molecule has 0 N–H and O–H groups in total. The lowest BCUT2D eigenvalue weighted by Gasteiger charge is -2.22. The molecule has 1 aliphatic carbocycles. The maximum Gasteiger partial charge on any atom is 0.258 e. The summed E-state index contributed by atoms with van der Waals surface area (Å²) in [5.74, 6) is 1.98. The molecule has 1 aromatic heterocycles. The first-order chi connectivity index (χ1) is 9.19. The second kappa shape index (κ2) is 5.33. The Bertz CT molecular complexity index is 466. The molecule has 1 aromatic rings. The van der Waals surface area contributed by atoms with Crippen molar-refractivity contribution in [3.05, 3.63) is 15.3 Å². The smallest absolute Gasteiger partial charge is 0.258 e. The van der Waals surface area contributed by atoms with Crippen molar-refractivity contribution in [1.82, 2.24) is 4.90 Å². The van der Waals surface area contributed by atoms with Crippen molar-refractivity contribution in [2.24, 2.45) is 11.8 Å². The molecule has 2 bridgehead atoms. The summed E-state index contributed by atoms with van der Waals surface area (Å²) in [4.78, 5) is 14.7. The van der Waals surface area contributed by atoms with Crippen LogP contribution in [-0.4, -0.2) is 31.0 Å². The lowest BCUT2D eigenvalue weighted by atomic mass is 9.84. The number of halogens is 1. The third kappa shape index (κ3) is 2.48. The number of ether oxygens (including phenoxy) is 1. The number of carbonyl (C=O) groups is 1. The summed E-state index contributed by atoms with van der Waals surface area (Å²) in [5.41, 5.74) is 0.624. The van der Waals surface area contributed by atoms with Crippen molar-refractivity contribution in [3.8, 4) is 5.75 Å². The third-order valence-electron chi connectivity index (χ3n) is 4.35. The van der Waals surface area contributed by atoms with Crippen molar-refractivity contribution >= 4 is 28.8 Å². The number of hydrogen-bond donors (Lipinski definition) is 0. The highest BCUT2D eigenvalue weighted by atomic mass is 35.5. The SMILES string of the molecule is COc1c(C(=O)N2CC3CCC(CC3)C2)csc1Cl. The molecule has 1 saturated carbocycles. The van der Waals surface area contributed by atoms with E-state index in [-0.39, 0.29) is 5.91 Å². The summed E-state index contributed by atoms with van der Waals surface area (Å²) in [7, 11) is 1.57. The first-order valence-electron chi connectivity index (χ1n) is 6.79. The predicted molar refractivity (Wildman–Crippen MR) is 77.2 cm³/mol. The molecule has 5 heteroatoms. The highest BCUT2D eigenvalue weighted by Gasteiger charge is 2.33. The minimum atomic E-state index is 0.0822. The Labute approximate surface area is 122 Å². The van der Waals surface area contributed by atoms with Gasteiger partial charge >= 0.3 is 0 Å². The van der Waals surface area contributed by atoms with E-state index in [1.54, 1.807) is 7.11 Å². The van der Waals surface area contributed by atoms with Crippen LogP contribution in [0.15, 0.2) is 5.38 Å². The monoisotopic (exact) mass is 299 g/mol. The summed E-state index contributed by atoms with van der Waals surface area (Å²) in [6, 6.07) is 0. The first kappa shape index (κ1) is 13.3. The van der Waals surface area contributed by atoms with Crippen LogP contribution in [0.4, 0.5) is 0 Å². The van der Waals surface area contributed by atoms with Gasteiger partial charge in [-0.05, 0) is 37.5 Å². The van der Waals surface area contributed by atoms with E-state index in [9.17, 15) is 4.79 Å². The van der Waals surface area contributed by atoms with Crippen LogP contribution in [0.25, 0.3) is 0 Å². The number of thiophene rings is 1. The van der Waals surface area contributed by atoms with Gasteiger partial charge in [-0.1, -0.05) is 11.6 Å². The Morgan fingerprint density at radius 3 is 2.42 bits per heavy atom. The largest absolute Gasteiger partial charge is 0.493 e. The molecule has 0 spiro atoms. The highest BCUT2D eigenvalue weighted by molar-refractivity contribution is 7.15. The summed E-state index contributed by atoms with van der Waals surface area (Å²) < 4.78 is 5.82. The van der Waals surface area contributed by atoms with Gasteiger partial charge in [0.05, 0.1) is 12.7 Å². The van der Waals surface area contributed by atoms with Gasteiger partial charge in [0.1, 0.15) is 4.34 Å². The molecule has 0 atom stereocenters. The highest BCUT2D eigenvalue weighted by Crippen LogP contribution is 2.38. The molecule has 3 heterocycles. The van der Waals surface area contributed by atoms with Crippen LogP contribution in [0.3, 0.4) is 0 Å². The number of nitrogens with zero attached hydrogens (tertiary/aromatic N) is 1. The second-order valence-corrected chi connectivity index (χ2v) is 7.03. The molecule has 1 amide bonds. The summed E-state index contributed by atoms with van der Waals surface area (Å²) in [6.07, 6.45) is 5.10. The summed E-state index contributed by atoms with van der Waals surface area (Å²) >= 11 is 7.42. The van der Waals surface area contributed by atoms with Gasteiger partial charge in [0, 0.05) is 18.5 Å². The van der Waals surface area contributed by atoms with Gasteiger partial charge in [0.25, 0.3) is 5.91 Å². The lowest BCUT2D eigenvalue weighted by Crippen LogP contribution is -2.34. The van der Waals surface area contributed by atoms with E-state index in [4.69, 9.17) is 16.3 Å². The van der Waals surface area contributed by atoms with E-state index in [1.807, 2.05) is 10.3 Å². The summed E-state index contributed by atoms with van der Waals surface area (Å²) in [5, 5.41) is 1.82. The van der Waals surface area contributed by atoms with Crippen molar-refractivity contribution < 1.29 is 9.53 Å². The van der Waals surface area contributed by atoms with Crippen molar-refractivity contribution in [2.75, 3.05) is 20.2 Å². The fourth-order valence-electron chi connectivity index (χ4n) is 3.29. The Kier molecular flexibility index (Phi) is 3.72. The first-order valence-corrected chi connectivity index (χ1v) is 8.05. The lowest BCUT2D eigenvalue weighted by molar-refractivity contribution is 0.0737. The standard InChI is InChI=1S/C14H18ClNO2S/c1-18-12-11(8-19-13(12)15)14(17)16-6-9-2-3-10(7-16)5-4-9/h8-10H,2-7H2,1H3. The third-order valence-corrected chi connectivity index (χ3v) is 5.53. The minimum absolute atomic E-state index is 0.0822. The zero-order chi connectivity index (χ0) is 13.4. The molecule has 3 fully saturated rings. The van der Waals surface area contributed by atoms with Gasteiger partial charge in [-0.15, -0.1) is 11.3 Å². The molecule has 104 valence electrons. The molecule has 2 saturated heterocycles. The number of methoxy groups -OCH3 is 1. The molecular formula is C14H18ClNO2S. The van der Waals surface area contributed by atoms with Gasteiger partial charge in [0.15, 0.2) is 5.75 Å². The van der Waals surface area contributed by atoms with Crippen LogP contribution in [0.5, 0.6) is 5.75 Å². The van der Waals surface area contributed by atoms with Crippen LogP contribution < -0.4 is 4.74 Å². The van der Waals surface area contributed by atoms with E-state index >= 15 is 0 Å². The second-order valence-electron chi connectivity index (χ2n) is 5.55. The summed E-state index contributed by atoms with van der Waals surface area (Å²) in [6.45, 7) is 1.79. The maximum atomic E-state index is 12.7. The van der Waals surface area contributed by atoms with E-state index in [0.29, 0.717) is 27.5 Å². The molecule has 2 aliphatic heterocycles. The number of carbonyl (C=O) groups excluding carboxylic acids is 1. The van der Waals surface area contributed by atoms with E-state index in [2.05, 4.69) is 0 Å². The predicted octanol–water partition coefficient (Wildman–Crippen LogP) is 3.67. The molecule has 0 unspecified atom stereocenters. The van der Waals surface area contributed by atoms with Gasteiger partial charge in [0.2, 0.25) is 0 Å². The molecule has 0 radical (unpaired) electrons. The van der Waals surface area contributed by atoms with E-state index in [0.717, 1.165) is 13.1 Å². The molecule has 0 aromatic carbocycles. The normalized spacial score (nSPS) is 26.3. The van der Waals surface area contributed by atoms with E-state index < -0.39 is 0 Å². The van der Waals surface area contributed by atoms with E-state index in [1.165, 1.54) is 37.0 Å². The van der Waals surface area contributed by atoms with Crippen LogP contribution in [0.2, 0.25) is 4.34 Å². The van der Waals surface area contributed by atoms with Crippen molar-refractivity contribution in [3.63, 3.8) is 0 Å². The topological polar surface area (TPSA) is 29.5 Å². The molecule has 4 rings (SSSR count). The molecule has 19 heavy (non-hydrogen) atoms. The Hall–Kier alpha value is -0.740.